The van der Waals surface area contributed by atoms with Crippen LogP contribution < -0.4 is 10.6 Å². The van der Waals surface area contributed by atoms with Crippen LogP contribution in [0.4, 0.5) is 4.79 Å². The van der Waals surface area contributed by atoms with E-state index in [0.717, 1.165) is 25.7 Å². The maximum absolute atomic E-state index is 11.6. The predicted octanol–water partition coefficient (Wildman–Crippen LogP) is 1.48. The second-order valence-corrected chi connectivity index (χ2v) is 4.67. The highest BCUT2D eigenvalue weighted by molar-refractivity contribution is 5.82. The monoisotopic (exact) mass is 228 g/mol. The number of carboxylic acids is 1. The van der Waals surface area contributed by atoms with Crippen LogP contribution in [0.25, 0.3) is 0 Å². The van der Waals surface area contributed by atoms with Crippen molar-refractivity contribution in [2.24, 2.45) is 0 Å². The molecule has 0 heterocycles. The Kier molecular flexibility index (Phi) is 4.15. The molecular formula is C11H20N2O3. The first-order chi connectivity index (χ1) is 7.47. The van der Waals surface area contributed by atoms with Gasteiger partial charge in [0, 0.05) is 5.54 Å². The lowest BCUT2D eigenvalue weighted by Gasteiger charge is -2.26. The summed E-state index contributed by atoms with van der Waals surface area (Å²) in [5.74, 6) is -0.991. The average Bonchev–Trinajstić information content (AvgIpc) is 2.60. The summed E-state index contributed by atoms with van der Waals surface area (Å²) in [5.41, 5.74) is -0.166. The van der Waals surface area contributed by atoms with Gasteiger partial charge in [-0.2, -0.15) is 0 Å². The van der Waals surface area contributed by atoms with Gasteiger partial charge >= 0.3 is 12.0 Å². The first kappa shape index (κ1) is 12.8. The van der Waals surface area contributed by atoms with Crippen molar-refractivity contribution in [1.29, 1.82) is 0 Å². The molecule has 1 aliphatic rings. The number of carboxylic acid groups (broad SMARTS) is 1. The third-order valence-electron chi connectivity index (χ3n) is 3.13. The van der Waals surface area contributed by atoms with Gasteiger partial charge in [-0.15, -0.1) is 0 Å². The van der Waals surface area contributed by atoms with Gasteiger partial charge < -0.3 is 15.7 Å². The smallest absolute Gasteiger partial charge is 0.326 e. The molecule has 1 aliphatic carbocycles. The van der Waals surface area contributed by atoms with E-state index >= 15 is 0 Å². The Morgan fingerprint density at radius 2 is 1.94 bits per heavy atom. The van der Waals surface area contributed by atoms with Crippen LogP contribution in [0.15, 0.2) is 0 Å². The summed E-state index contributed by atoms with van der Waals surface area (Å²) in [5, 5.41) is 14.1. The summed E-state index contributed by atoms with van der Waals surface area (Å²) in [7, 11) is 0. The number of hydrogen-bond donors (Lipinski definition) is 3. The molecular weight excluding hydrogens is 208 g/mol. The van der Waals surface area contributed by atoms with Crippen LogP contribution in [0, 0.1) is 0 Å². The number of nitrogens with one attached hydrogen (secondary N) is 2. The Morgan fingerprint density at radius 3 is 2.38 bits per heavy atom. The predicted molar refractivity (Wildman–Crippen MR) is 60.3 cm³/mol. The maximum atomic E-state index is 11.6. The van der Waals surface area contributed by atoms with Gasteiger partial charge in [0.25, 0.3) is 0 Å². The molecule has 0 aliphatic heterocycles. The summed E-state index contributed by atoms with van der Waals surface area (Å²) in [6.45, 7) is 3.73. The fourth-order valence-electron chi connectivity index (χ4n) is 2.09. The van der Waals surface area contributed by atoms with Crippen molar-refractivity contribution in [2.45, 2.75) is 57.5 Å². The first-order valence-corrected chi connectivity index (χ1v) is 5.78. The molecule has 0 aromatic heterocycles. The average molecular weight is 228 g/mol. The van der Waals surface area contributed by atoms with Gasteiger partial charge in [0.05, 0.1) is 0 Å². The Morgan fingerprint density at radius 1 is 1.38 bits per heavy atom. The highest BCUT2D eigenvalue weighted by Gasteiger charge is 2.31. The van der Waals surface area contributed by atoms with Crippen molar-refractivity contribution in [3.8, 4) is 0 Å². The Labute approximate surface area is 95.6 Å². The van der Waals surface area contributed by atoms with Crippen molar-refractivity contribution in [3.63, 3.8) is 0 Å². The van der Waals surface area contributed by atoms with Crippen molar-refractivity contribution in [3.05, 3.63) is 0 Å². The molecule has 5 heteroatoms. The van der Waals surface area contributed by atoms with E-state index in [9.17, 15) is 9.59 Å². The van der Waals surface area contributed by atoms with Crippen molar-refractivity contribution >= 4 is 12.0 Å². The summed E-state index contributed by atoms with van der Waals surface area (Å²) < 4.78 is 0. The second-order valence-electron chi connectivity index (χ2n) is 4.67. The number of urea groups is 1. The first-order valence-electron chi connectivity index (χ1n) is 5.78. The number of aliphatic carboxylic acids is 1. The maximum Gasteiger partial charge on any atom is 0.326 e. The van der Waals surface area contributed by atoms with E-state index < -0.39 is 12.0 Å². The zero-order chi connectivity index (χ0) is 12.2. The molecule has 1 rings (SSSR count). The van der Waals surface area contributed by atoms with Gasteiger partial charge in [-0.25, -0.2) is 9.59 Å². The third kappa shape index (κ3) is 3.40. The van der Waals surface area contributed by atoms with E-state index in [1.54, 1.807) is 6.92 Å². The molecule has 1 unspecified atom stereocenters. The molecule has 16 heavy (non-hydrogen) atoms. The Balaban J connectivity index is 2.43. The summed E-state index contributed by atoms with van der Waals surface area (Å²) in [6.07, 6.45) is 4.55. The Hall–Kier alpha value is -1.26. The minimum Gasteiger partial charge on any atom is -0.480 e. The molecule has 0 bridgehead atoms. The molecule has 0 radical (unpaired) electrons. The van der Waals surface area contributed by atoms with Gasteiger partial charge in [-0.3, -0.25) is 0 Å². The SMILES string of the molecule is CCC(NC(=O)NC1(C)CCCC1)C(=O)O. The van der Waals surface area contributed by atoms with Crippen molar-refractivity contribution in [2.75, 3.05) is 0 Å². The van der Waals surface area contributed by atoms with Crippen molar-refractivity contribution in [1.82, 2.24) is 10.6 Å². The summed E-state index contributed by atoms with van der Waals surface area (Å²) >= 11 is 0. The fraction of sp³-hybridized carbons (Fsp3) is 0.818. The van der Waals surface area contributed by atoms with E-state index in [1.165, 1.54) is 0 Å². The molecule has 0 aromatic rings. The third-order valence-corrected chi connectivity index (χ3v) is 3.13. The highest BCUT2D eigenvalue weighted by atomic mass is 16.4. The van der Waals surface area contributed by atoms with Crippen LogP contribution in [0.5, 0.6) is 0 Å². The molecule has 0 aromatic carbocycles. The zero-order valence-corrected chi connectivity index (χ0v) is 9.88. The van der Waals surface area contributed by atoms with Crippen LogP contribution in [-0.2, 0) is 4.79 Å². The van der Waals surface area contributed by atoms with Crippen LogP contribution in [-0.4, -0.2) is 28.7 Å². The number of carbonyl (C=O) groups is 2. The molecule has 3 N–H and O–H groups in total. The minimum absolute atomic E-state index is 0.166. The number of hydrogen-bond acceptors (Lipinski definition) is 2. The van der Waals surface area contributed by atoms with Gasteiger partial charge in [0.1, 0.15) is 6.04 Å². The molecule has 1 fully saturated rings. The molecule has 92 valence electrons. The standard InChI is InChI=1S/C11H20N2O3/c1-3-8(9(14)15)12-10(16)13-11(2)6-4-5-7-11/h8H,3-7H2,1-2H3,(H,14,15)(H2,12,13,16). The van der Waals surface area contributed by atoms with E-state index in [4.69, 9.17) is 5.11 Å². The van der Waals surface area contributed by atoms with Gasteiger partial charge in [0.15, 0.2) is 0 Å². The van der Waals surface area contributed by atoms with Crippen LogP contribution in [0.2, 0.25) is 0 Å². The topological polar surface area (TPSA) is 78.4 Å². The van der Waals surface area contributed by atoms with Crippen LogP contribution >= 0.6 is 0 Å². The molecule has 1 saturated carbocycles. The Bertz CT molecular complexity index is 272. The van der Waals surface area contributed by atoms with Crippen LogP contribution in [0.3, 0.4) is 0 Å². The lowest BCUT2D eigenvalue weighted by molar-refractivity contribution is -0.139. The lowest BCUT2D eigenvalue weighted by Crippen LogP contribution is -2.52. The molecule has 1 atom stereocenters. The quantitative estimate of drug-likeness (QED) is 0.682. The number of rotatable bonds is 4. The molecule has 5 nitrogen and oxygen atoms in total. The van der Waals surface area contributed by atoms with Crippen molar-refractivity contribution < 1.29 is 14.7 Å². The van der Waals surface area contributed by atoms with Crippen LogP contribution in [0.1, 0.15) is 46.0 Å². The molecule has 2 amide bonds. The molecule has 0 spiro atoms. The number of amides is 2. The normalized spacial score (nSPS) is 20.1. The highest BCUT2D eigenvalue weighted by Crippen LogP contribution is 2.28. The fourth-order valence-corrected chi connectivity index (χ4v) is 2.09. The summed E-state index contributed by atoms with van der Waals surface area (Å²) in [4.78, 5) is 22.3. The van der Waals surface area contributed by atoms with E-state index in [1.807, 2.05) is 6.92 Å². The second kappa shape index (κ2) is 5.18. The van der Waals surface area contributed by atoms with E-state index in [2.05, 4.69) is 10.6 Å². The number of carbonyl (C=O) groups excluding carboxylic acids is 1. The lowest BCUT2D eigenvalue weighted by atomic mass is 10.0. The van der Waals surface area contributed by atoms with E-state index in [0.29, 0.717) is 6.42 Å². The van der Waals surface area contributed by atoms with Gasteiger partial charge in [-0.05, 0) is 26.2 Å². The van der Waals surface area contributed by atoms with Gasteiger partial charge in [0.2, 0.25) is 0 Å². The zero-order valence-electron chi connectivity index (χ0n) is 9.88. The largest absolute Gasteiger partial charge is 0.480 e. The molecule has 0 saturated heterocycles. The van der Waals surface area contributed by atoms with E-state index in [-0.39, 0.29) is 11.6 Å². The minimum atomic E-state index is -0.991. The summed E-state index contributed by atoms with van der Waals surface area (Å²) in [6, 6.07) is -1.18. The van der Waals surface area contributed by atoms with Gasteiger partial charge in [-0.1, -0.05) is 19.8 Å².